The first-order chi connectivity index (χ1) is 8.06. The molecule has 1 aromatic rings. The summed E-state index contributed by atoms with van der Waals surface area (Å²) in [6.07, 6.45) is 0.456. The number of ketones is 1. The number of hydrogen-bond acceptors (Lipinski definition) is 3. The maximum Gasteiger partial charge on any atom is 0.326 e. The van der Waals surface area contributed by atoms with Gasteiger partial charge in [-0.05, 0) is 25.5 Å². The molecule has 4 nitrogen and oxygen atoms in total. The molecule has 0 aliphatic heterocycles. The van der Waals surface area contributed by atoms with Crippen LogP contribution in [0.3, 0.4) is 0 Å². The van der Waals surface area contributed by atoms with Crippen LogP contribution in [0.25, 0.3) is 0 Å². The van der Waals surface area contributed by atoms with Crippen LogP contribution in [0, 0.1) is 0 Å². The van der Waals surface area contributed by atoms with Gasteiger partial charge in [-0.15, -0.1) is 0 Å². The van der Waals surface area contributed by atoms with Crippen molar-refractivity contribution >= 4 is 17.4 Å². The summed E-state index contributed by atoms with van der Waals surface area (Å²) in [6, 6.07) is 8.48. The standard InChI is InChI=1S/C13H17NO3/c1-3-12(13(16)17)14(9-10(2)15)11-7-5-4-6-8-11/h4-8,12H,3,9H2,1-2H3,(H,16,17). The highest BCUT2D eigenvalue weighted by Crippen LogP contribution is 2.18. The molecule has 0 radical (unpaired) electrons. The van der Waals surface area contributed by atoms with E-state index < -0.39 is 12.0 Å². The third-order valence-corrected chi connectivity index (χ3v) is 2.53. The summed E-state index contributed by atoms with van der Waals surface area (Å²) >= 11 is 0. The van der Waals surface area contributed by atoms with Crippen molar-refractivity contribution in [2.24, 2.45) is 0 Å². The molecule has 0 saturated heterocycles. The Morgan fingerprint density at radius 1 is 1.29 bits per heavy atom. The summed E-state index contributed by atoms with van der Waals surface area (Å²) in [4.78, 5) is 24.0. The van der Waals surface area contributed by atoms with Gasteiger partial charge in [0, 0.05) is 5.69 Å². The van der Waals surface area contributed by atoms with Crippen molar-refractivity contribution in [3.8, 4) is 0 Å². The van der Waals surface area contributed by atoms with E-state index in [4.69, 9.17) is 5.11 Å². The molecule has 0 amide bonds. The van der Waals surface area contributed by atoms with Crippen LogP contribution in [0.15, 0.2) is 30.3 Å². The minimum Gasteiger partial charge on any atom is -0.480 e. The SMILES string of the molecule is CCC(C(=O)O)N(CC(C)=O)c1ccccc1. The third-order valence-electron chi connectivity index (χ3n) is 2.53. The van der Waals surface area contributed by atoms with Gasteiger partial charge in [-0.1, -0.05) is 25.1 Å². The average molecular weight is 235 g/mol. The summed E-state index contributed by atoms with van der Waals surface area (Å²) in [7, 11) is 0. The van der Waals surface area contributed by atoms with Gasteiger partial charge in [0.1, 0.15) is 11.8 Å². The monoisotopic (exact) mass is 235 g/mol. The normalized spacial score (nSPS) is 11.9. The van der Waals surface area contributed by atoms with Crippen LogP contribution in [0.2, 0.25) is 0 Å². The molecule has 0 heterocycles. The maximum absolute atomic E-state index is 11.2. The Morgan fingerprint density at radius 2 is 1.88 bits per heavy atom. The number of carboxylic acids is 1. The minimum atomic E-state index is -0.905. The number of carbonyl (C=O) groups excluding carboxylic acids is 1. The van der Waals surface area contributed by atoms with Crippen LogP contribution in [-0.2, 0) is 9.59 Å². The summed E-state index contributed by atoms with van der Waals surface area (Å²) in [5.41, 5.74) is 0.761. The van der Waals surface area contributed by atoms with E-state index >= 15 is 0 Å². The Balaban J connectivity index is 3.02. The van der Waals surface area contributed by atoms with Crippen molar-refractivity contribution in [2.75, 3.05) is 11.4 Å². The number of aliphatic carboxylic acids is 1. The fourth-order valence-electron chi connectivity index (χ4n) is 1.77. The lowest BCUT2D eigenvalue weighted by Crippen LogP contribution is -2.43. The number of rotatable bonds is 6. The van der Waals surface area contributed by atoms with Crippen LogP contribution < -0.4 is 4.90 Å². The molecule has 0 aromatic heterocycles. The fourth-order valence-corrected chi connectivity index (χ4v) is 1.77. The lowest BCUT2D eigenvalue weighted by atomic mass is 10.1. The molecule has 1 atom stereocenters. The van der Waals surface area contributed by atoms with Crippen molar-refractivity contribution in [3.63, 3.8) is 0 Å². The first-order valence-electron chi connectivity index (χ1n) is 5.60. The number of hydrogen-bond donors (Lipinski definition) is 1. The smallest absolute Gasteiger partial charge is 0.326 e. The van der Waals surface area contributed by atoms with E-state index in [0.717, 1.165) is 5.69 Å². The number of anilines is 1. The van der Waals surface area contributed by atoms with Crippen molar-refractivity contribution in [1.82, 2.24) is 0 Å². The summed E-state index contributed by atoms with van der Waals surface area (Å²) in [5.74, 6) is -0.953. The largest absolute Gasteiger partial charge is 0.480 e. The molecule has 0 aliphatic carbocycles. The molecule has 1 N–H and O–H groups in total. The number of benzene rings is 1. The van der Waals surface area contributed by atoms with E-state index in [2.05, 4.69) is 0 Å². The molecule has 0 spiro atoms. The van der Waals surface area contributed by atoms with Gasteiger partial charge in [0.2, 0.25) is 0 Å². The van der Waals surface area contributed by atoms with Gasteiger partial charge in [0.15, 0.2) is 0 Å². The Bertz CT molecular complexity index is 389. The van der Waals surface area contributed by atoms with Crippen LogP contribution >= 0.6 is 0 Å². The summed E-state index contributed by atoms with van der Waals surface area (Å²) < 4.78 is 0. The number of carboxylic acid groups (broad SMARTS) is 1. The van der Waals surface area contributed by atoms with Crippen LogP contribution in [-0.4, -0.2) is 29.4 Å². The van der Waals surface area contributed by atoms with Gasteiger partial charge in [-0.3, -0.25) is 4.79 Å². The first-order valence-corrected chi connectivity index (χ1v) is 5.60. The van der Waals surface area contributed by atoms with Gasteiger partial charge in [0.25, 0.3) is 0 Å². The van der Waals surface area contributed by atoms with E-state index in [1.54, 1.807) is 11.8 Å². The summed E-state index contributed by atoms with van der Waals surface area (Å²) in [6.45, 7) is 3.38. The van der Waals surface area contributed by atoms with E-state index in [0.29, 0.717) is 6.42 Å². The van der Waals surface area contributed by atoms with Gasteiger partial charge >= 0.3 is 5.97 Å². The van der Waals surface area contributed by atoms with Gasteiger partial charge in [0.05, 0.1) is 6.54 Å². The van der Waals surface area contributed by atoms with Crippen LogP contribution in [0.1, 0.15) is 20.3 Å². The highest BCUT2D eigenvalue weighted by atomic mass is 16.4. The van der Waals surface area contributed by atoms with E-state index in [1.165, 1.54) is 6.92 Å². The van der Waals surface area contributed by atoms with E-state index in [-0.39, 0.29) is 12.3 Å². The molecule has 0 saturated carbocycles. The molecule has 1 rings (SSSR count). The molecule has 17 heavy (non-hydrogen) atoms. The predicted octanol–water partition coefficient (Wildman–Crippen LogP) is 1.95. The molecule has 0 fully saturated rings. The van der Waals surface area contributed by atoms with Crippen LogP contribution in [0.5, 0.6) is 0 Å². The van der Waals surface area contributed by atoms with E-state index in [1.807, 2.05) is 30.3 Å². The highest BCUT2D eigenvalue weighted by Gasteiger charge is 2.24. The quantitative estimate of drug-likeness (QED) is 0.818. The third kappa shape index (κ3) is 3.59. The Hall–Kier alpha value is -1.84. The average Bonchev–Trinajstić information content (AvgIpc) is 2.29. The van der Waals surface area contributed by atoms with E-state index in [9.17, 15) is 9.59 Å². The molecule has 92 valence electrons. The molecular weight excluding hydrogens is 218 g/mol. The van der Waals surface area contributed by atoms with Crippen molar-refractivity contribution in [2.45, 2.75) is 26.3 Å². The number of nitrogens with zero attached hydrogens (tertiary/aromatic N) is 1. The zero-order valence-electron chi connectivity index (χ0n) is 10.1. The first kappa shape index (κ1) is 13.2. The predicted molar refractivity (Wildman–Crippen MR) is 66.2 cm³/mol. The van der Waals surface area contributed by atoms with Gasteiger partial charge < -0.3 is 10.0 Å². The highest BCUT2D eigenvalue weighted by molar-refractivity contribution is 5.85. The summed E-state index contributed by atoms with van der Waals surface area (Å²) in [5, 5.41) is 9.16. The molecule has 0 bridgehead atoms. The second-order valence-corrected chi connectivity index (χ2v) is 3.93. The zero-order valence-corrected chi connectivity index (χ0v) is 10.1. The zero-order chi connectivity index (χ0) is 12.8. The second-order valence-electron chi connectivity index (χ2n) is 3.93. The second kappa shape index (κ2) is 6.03. The molecule has 1 unspecified atom stereocenters. The van der Waals surface area contributed by atoms with Crippen molar-refractivity contribution in [1.29, 1.82) is 0 Å². The number of carbonyl (C=O) groups is 2. The number of Topliss-reactive ketones (excluding diaryl/α,β-unsaturated/α-hetero) is 1. The fraction of sp³-hybridized carbons (Fsp3) is 0.385. The topological polar surface area (TPSA) is 57.6 Å². The lowest BCUT2D eigenvalue weighted by molar-refractivity contribution is -0.138. The molecule has 0 aliphatic rings. The Labute approximate surface area is 101 Å². The Morgan fingerprint density at radius 3 is 2.29 bits per heavy atom. The van der Waals surface area contributed by atoms with Crippen LogP contribution in [0.4, 0.5) is 5.69 Å². The van der Waals surface area contributed by atoms with Crippen molar-refractivity contribution < 1.29 is 14.7 Å². The maximum atomic E-state index is 11.2. The molecule has 1 aromatic carbocycles. The van der Waals surface area contributed by atoms with Crippen molar-refractivity contribution in [3.05, 3.63) is 30.3 Å². The minimum absolute atomic E-state index is 0.0476. The molecular formula is C13H17NO3. The lowest BCUT2D eigenvalue weighted by Gasteiger charge is -2.29. The number of para-hydroxylation sites is 1. The Kier molecular flexibility index (Phi) is 4.69. The van der Waals surface area contributed by atoms with Gasteiger partial charge in [-0.2, -0.15) is 0 Å². The van der Waals surface area contributed by atoms with Gasteiger partial charge in [-0.25, -0.2) is 4.79 Å². The molecule has 4 heteroatoms.